The van der Waals surface area contributed by atoms with Gasteiger partial charge >= 0.3 is 5.97 Å². The van der Waals surface area contributed by atoms with E-state index in [4.69, 9.17) is 21.4 Å². The molecule has 1 aliphatic carbocycles. The number of carbonyl (C=O) groups excluding carboxylic acids is 1. The lowest BCUT2D eigenvalue weighted by molar-refractivity contribution is -0.124. The Morgan fingerprint density at radius 3 is 2.62 bits per heavy atom. The number of nitrogens with one attached hydrogen (secondary N) is 1. The first-order valence-electron chi connectivity index (χ1n) is 7.01. The Morgan fingerprint density at radius 2 is 2.00 bits per heavy atom. The van der Waals surface area contributed by atoms with Crippen LogP contribution in [0.25, 0.3) is 0 Å². The van der Waals surface area contributed by atoms with Gasteiger partial charge in [-0.2, -0.15) is 0 Å². The molecule has 21 heavy (non-hydrogen) atoms. The topological polar surface area (TPSA) is 75.6 Å². The summed E-state index contributed by atoms with van der Waals surface area (Å²) in [5.74, 6) is -0.931. The quantitative estimate of drug-likeness (QED) is 0.876. The average molecular weight is 312 g/mol. The van der Waals surface area contributed by atoms with Gasteiger partial charge < -0.3 is 15.2 Å². The monoisotopic (exact) mass is 311 g/mol. The van der Waals surface area contributed by atoms with E-state index in [9.17, 15) is 9.59 Å². The number of benzene rings is 1. The highest BCUT2D eigenvalue weighted by atomic mass is 35.5. The van der Waals surface area contributed by atoms with Crippen molar-refractivity contribution in [3.8, 4) is 5.75 Å². The van der Waals surface area contributed by atoms with Crippen molar-refractivity contribution in [2.45, 2.75) is 38.1 Å². The molecule has 1 aromatic carbocycles. The molecule has 0 aromatic heterocycles. The smallest absolute Gasteiger partial charge is 0.335 e. The molecule has 0 heterocycles. The third-order valence-electron chi connectivity index (χ3n) is 3.51. The van der Waals surface area contributed by atoms with Crippen LogP contribution in [0.2, 0.25) is 5.02 Å². The van der Waals surface area contributed by atoms with Gasteiger partial charge in [0.05, 0.1) is 10.6 Å². The summed E-state index contributed by atoms with van der Waals surface area (Å²) >= 11 is 5.93. The molecule has 114 valence electrons. The third kappa shape index (κ3) is 4.63. The van der Waals surface area contributed by atoms with Crippen molar-refractivity contribution >= 4 is 23.5 Å². The average Bonchev–Trinajstić information content (AvgIpc) is 2.47. The molecule has 1 saturated carbocycles. The zero-order valence-electron chi connectivity index (χ0n) is 11.6. The van der Waals surface area contributed by atoms with Crippen LogP contribution in [-0.4, -0.2) is 29.6 Å². The van der Waals surface area contributed by atoms with Gasteiger partial charge in [0.25, 0.3) is 5.91 Å². The Kier molecular flexibility index (Phi) is 5.44. The van der Waals surface area contributed by atoms with E-state index in [0.717, 1.165) is 25.7 Å². The van der Waals surface area contributed by atoms with Gasteiger partial charge in [-0.25, -0.2) is 4.79 Å². The molecule has 1 aromatic rings. The second kappa shape index (κ2) is 7.31. The number of carbonyl (C=O) groups is 2. The van der Waals surface area contributed by atoms with E-state index in [1.807, 2.05) is 0 Å². The van der Waals surface area contributed by atoms with Crippen LogP contribution in [0.1, 0.15) is 42.5 Å². The summed E-state index contributed by atoms with van der Waals surface area (Å²) in [5, 5.41) is 12.0. The Balaban J connectivity index is 1.84. The Labute approximate surface area is 128 Å². The Hall–Kier alpha value is -1.75. The molecule has 0 aliphatic heterocycles. The van der Waals surface area contributed by atoms with Gasteiger partial charge in [0.2, 0.25) is 0 Å². The number of ether oxygens (including phenoxy) is 1. The molecule has 0 spiro atoms. The molecule has 1 fully saturated rings. The third-order valence-corrected chi connectivity index (χ3v) is 3.80. The van der Waals surface area contributed by atoms with Gasteiger partial charge in [-0.3, -0.25) is 4.79 Å². The fourth-order valence-electron chi connectivity index (χ4n) is 2.41. The van der Waals surface area contributed by atoms with Crippen molar-refractivity contribution in [2.75, 3.05) is 6.61 Å². The molecule has 1 amide bonds. The highest BCUT2D eigenvalue weighted by Crippen LogP contribution is 2.25. The van der Waals surface area contributed by atoms with Crippen LogP contribution < -0.4 is 10.1 Å². The van der Waals surface area contributed by atoms with Gasteiger partial charge in [-0.15, -0.1) is 0 Å². The number of aromatic carboxylic acids is 1. The molecule has 0 saturated heterocycles. The standard InChI is InChI=1S/C15H18ClNO4/c16-12-8-10(15(19)20)6-7-13(12)21-9-14(18)17-11-4-2-1-3-5-11/h6-8,11H,1-5,9H2,(H,17,18)(H,19,20). The van der Waals surface area contributed by atoms with Crippen molar-refractivity contribution in [1.29, 1.82) is 0 Å². The van der Waals surface area contributed by atoms with Crippen molar-refractivity contribution in [1.82, 2.24) is 5.32 Å². The molecular formula is C15H18ClNO4. The summed E-state index contributed by atoms with van der Waals surface area (Å²) in [6, 6.07) is 4.39. The molecule has 0 atom stereocenters. The van der Waals surface area contributed by atoms with E-state index in [-0.39, 0.29) is 29.1 Å². The van der Waals surface area contributed by atoms with Crippen LogP contribution in [0.5, 0.6) is 5.75 Å². The molecule has 6 heteroatoms. The summed E-state index contributed by atoms with van der Waals surface area (Å²) in [6.07, 6.45) is 5.55. The maximum absolute atomic E-state index is 11.8. The minimum Gasteiger partial charge on any atom is -0.482 e. The predicted octanol–water partition coefficient (Wildman–Crippen LogP) is 2.87. The van der Waals surface area contributed by atoms with Crippen molar-refractivity contribution < 1.29 is 19.4 Å². The fourth-order valence-corrected chi connectivity index (χ4v) is 2.65. The minimum absolute atomic E-state index is 0.0824. The van der Waals surface area contributed by atoms with Gasteiger partial charge in [0.1, 0.15) is 5.75 Å². The predicted molar refractivity (Wildman–Crippen MR) is 78.9 cm³/mol. The molecular weight excluding hydrogens is 294 g/mol. The molecule has 2 rings (SSSR count). The van der Waals surface area contributed by atoms with Gasteiger partial charge in [0, 0.05) is 6.04 Å². The largest absolute Gasteiger partial charge is 0.482 e. The zero-order chi connectivity index (χ0) is 15.2. The normalized spacial score (nSPS) is 15.5. The second-order valence-electron chi connectivity index (χ2n) is 5.14. The molecule has 0 radical (unpaired) electrons. The lowest BCUT2D eigenvalue weighted by Crippen LogP contribution is -2.38. The highest BCUT2D eigenvalue weighted by Gasteiger charge is 2.16. The first-order chi connectivity index (χ1) is 10.1. The van der Waals surface area contributed by atoms with E-state index in [2.05, 4.69) is 5.32 Å². The fraction of sp³-hybridized carbons (Fsp3) is 0.467. The van der Waals surface area contributed by atoms with Crippen molar-refractivity contribution in [3.63, 3.8) is 0 Å². The SMILES string of the molecule is O=C(COc1ccc(C(=O)O)cc1Cl)NC1CCCCC1. The number of amides is 1. The van der Waals surface area contributed by atoms with Crippen molar-refractivity contribution in [2.24, 2.45) is 0 Å². The summed E-state index contributed by atoms with van der Waals surface area (Å²) in [6.45, 7) is -0.122. The van der Waals surface area contributed by atoms with Gasteiger partial charge in [-0.05, 0) is 31.0 Å². The second-order valence-corrected chi connectivity index (χ2v) is 5.55. The van der Waals surface area contributed by atoms with Crippen LogP contribution in [0, 0.1) is 0 Å². The van der Waals surface area contributed by atoms with Crippen LogP contribution in [0.15, 0.2) is 18.2 Å². The van der Waals surface area contributed by atoms with Gasteiger partial charge in [-0.1, -0.05) is 30.9 Å². The van der Waals surface area contributed by atoms with Crippen LogP contribution in [0.3, 0.4) is 0 Å². The number of halogens is 1. The molecule has 2 N–H and O–H groups in total. The van der Waals surface area contributed by atoms with Crippen LogP contribution >= 0.6 is 11.6 Å². The Bertz CT molecular complexity index is 526. The summed E-state index contributed by atoms with van der Waals surface area (Å²) in [5.41, 5.74) is 0.0824. The number of carboxylic acids is 1. The van der Waals surface area contributed by atoms with Crippen LogP contribution in [-0.2, 0) is 4.79 Å². The summed E-state index contributed by atoms with van der Waals surface area (Å²) in [4.78, 5) is 22.6. The molecule has 0 bridgehead atoms. The summed E-state index contributed by atoms with van der Waals surface area (Å²) in [7, 11) is 0. The zero-order valence-corrected chi connectivity index (χ0v) is 12.4. The minimum atomic E-state index is -1.06. The van der Waals surface area contributed by atoms with Gasteiger partial charge in [0.15, 0.2) is 6.61 Å². The number of carboxylic acid groups (broad SMARTS) is 1. The molecule has 1 aliphatic rings. The number of rotatable bonds is 5. The molecule has 5 nitrogen and oxygen atoms in total. The molecule has 0 unspecified atom stereocenters. The maximum atomic E-state index is 11.8. The summed E-state index contributed by atoms with van der Waals surface area (Å²) < 4.78 is 5.34. The lowest BCUT2D eigenvalue weighted by Gasteiger charge is -2.22. The van der Waals surface area contributed by atoms with E-state index in [1.54, 1.807) is 0 Å². The highest BCUT2D eigenvalue weighted by molar-refractivity contribution is 6.32. The number of hydrogen-bond acceptors (Lipinski definition) is 3. The van der Waals surface area contributed by atoms with E-state index < -0.39 is 5.97 Å². The van der Waals surface area contributed by atoms with Crippen LogP contribution in [0.4, 0.5) is 0 Å². The van der Waals surface area contributed by atoms with E-state index in [1.165, 1.54) is 24.6 Å². The Morgan fingerprint density at radius 1 is 1.29 bits per heavy atom. The van der Waals surface area contributed by atoms with Crippen molar-refractivity contribution in [3.05, 3.63) is 28.8 Å². The first-order valence-corrected chi connectivity index (χ1v) is 7.39. The number of hydrogen-bond donors (Lipinski definition) is 2. The first kappa shape index (κ1) is 15.6. The van der Waals surface area contributed by atoms with E-state index in [0.29, 0.717) is 5.75 Å². The maximum Gasteiger partial charge on any atom is 0.335 e. The lowest BCUT2D eigenvalue weighted by atomic mass is 9.95. The van der Waals surface area contributed by atoms with E-state index >= 15 is 0 Å².